The molecule has 2 aliphatic heterocycles. The van der Waals surface area contributed by atoms with Gasteiger partial charge in [-0.05, 0) is 80.8 Å². The summed E-state index contributed by atoms with van der Waals surface area (Å²) in [4.78, 5) is 143. The number of aromatic nitrogens is 1. The van der Waals surface area contributed by atoms with Gasteiger partial charge in [-0.15, -0.1) is 0 Å². The Labute approximate surface area is 444 Å². The summed E-state index contributed by atoms with van der Waals surface area (Å²) in [5, 5.41) is 37.1. The molecule has 0 unspecified atom stereocenters. The van der Waals surface area contributed by atoms with Crippen molar-refractivity contribution >= 4 is 70.0 Å². The molecule has 23 heteroatoms. The molecule has 76 heavy (non-hydrogen) atoms. The Hall–Kier alpha value is -6.62. The van der Waals surface area contributed by atoms with Gasteiger partial charge in [0, 0.05) is 43.0 Å². The second kappa shape index (κ2) is 28.5. The third kappa shape index (κ3) is 16.4. The molecule has 0 spiro atoms. The van der Waals surface area contributed by atoms with Gasteiger partial charge in [0.1, 0.15) is 48.3 Å². The fourth-order valence-electron chi connectivity index (χ4n) is 9.63. The lowest BCUT2D eigenvalue weighted by atomic mass is 9.96. The highest BCUT2D eigenvalue weighted by Crippen LogP contribution is 2.25. The number of aromatic amines is 1. The number of carbonyl (C=O) groups is 10. The number of hydrogen-bond acceptors (Lipinski definition) is 12. The lowest BCUT2D eigenvalue weighted by Gasteiger charge is -2.34. The lowest BCUT2D eigenvalue weighted by Crippen LogP contribution is -2.62. The molecular weight excluding hydrogens is 983 g/mol. The first kappa shape index (κ1) is 61.9. The molecule has 3 heterocycles. The van der Waals surface area contributed by atoms with Gasteiger partial charge in [-0.2, -0.15) is 0 Å². The molecule has 2 aliphatic rings. The zero-order valence-electron chi connectivity index (χ0n) is 45.5. The maximum absolute atomic E-state index is 14.7. The van der Waals surface area contributed by atoms with Crippen molar-refractivity contribution < 1.29 is 58.2 Å². The minimum atomic E-state index is -1.49. The molecule has 422 valence electrons. The van der Waals surface area contributed by atoms with Crippen LogP contribution in [0.3, 0.4) is 0 Å². The summed E-state index contributed by atoms with van der Waals surface area (Å²) in [6.07, 6.45) is 1.89. The van der Waals surface area contributed by atoms with E-state index in [9.17, 15) is 58.2 Å². The molecule has 0 aliphatic carbocycles. The van der Waals surface area contributed by atoms with E-state index < -0.39 is 131 Å². The molecule has 0 saturated carbocycles. The number of rotatable bonds is 28. The van der Waals surface area contributed by atoms with E-state index in [0.717, 1.165) is 10.9 Å². The second-order valence-electron chi connectivity index (χ2n) is 21.3. The normalized spacial score (nSPS) is 19.5. The predicted octanol–water partition coefficient (Wildman–Crippen LogP) is 0.454. The number of carboxylic acids is 1. The third-order valence-electron chi connectivity index (χ3n) is 14.7. The Morgan fingerprint density at radius 1 is 0.671 bits per heavy atom. The summed E-state index contributed by atoms with van der Waals surface area (Å²) in [6.45, 7) is 15.7. The number of aliphatic carboxylic acids is 1. The molecule has 0 bridgehead atoms. The smallest absolute Gasteiger partial charge is 0.326 e. The van der Waals surface area contributed by atoms with Crippen LogP contribution in [0, 0.1) is 23.7 Å². The van der Waals surface area contributed by atoms with E-state index >= 15 is 0 Å². The highest BCUT2D eigenvalue weighted by atomic mass is 16.4. The molecular formula is C53H83N11O12. The number of H-pyrrole nitrogens is 1. The van der Waals surface area contributed by atoms with Gasteiger partial charge >= 0.3 is 5.97 Å². The molecule has 0 radical (unpaired) electrons. The number of carboxylic acid groups (broad SMARTS) is 1. The van der Waals surface area contributed by atoms with Crippen LogP contribution in [-0.4, -0.2) is 158 Å². The summed E-state index contributed by atoms with van der Waals surface area (Å²) >= 11 is 0. The van der Waals surface area contributed by atoms with Crippen LogP contribution >= 0.6 is 0 Å². The summed E-state index contributed by atoms with van der Waals surface area (Å²) in [7, 11) is 0. The number of aliphatic hydroxyl groups is 1. The van der Waals surface area contributed by atoms with E-state index in [2.05, 4.69) is 36.9 Å². The van der Waals surface area contributed by atoms with E-state index in [1.165, 1.54) is 16.7 Å². The number of amides is 9. The number of fused-ring (bicyclic) bond motifs is 1. The molecule has 2 saturated heterocycles. The number of aliphatic hydroxyl groups excluding tert-OH is 1. The predicted molar refractivity (Wildman–Crippen MR) is 282 cm³/mol. The third-order valence-corrected chi connectivity index (χ3v) is 14.7. The van der Waals surface area contributed by atoms with Gasteiger partial charge in [0.2, 0.25) is 53.2 Å². The number of benzene rings is 1. The summed E-state index contributed by atoms with van der Waals surface area (Å²) in [6, 6.07) is -3.78. The number of nitrogens with zero attached hydrogens (tertiary/aromatic N) is 2. The maximum atomic E-state index is 14.7. The molecule has 1 aromatic heterocycles. The average molecular weight is 1070 g/mol. The van der Waals surface area contributed by atoms with Crippen molar-refractivity contribution in [2.24, 2.45) is 35.1 Å². The number of primary amides is 1. The van der Waals surface area contributed by atoms with E-state index in [1.807, 2.05) is 45.9 Å². The average Bonchev–Trinajstić information content (AvgIpc) is 4.17. The number of hydrogen-bond donors (Lipinski definition) is 11. The number of para-hydroxylation sites is 1. The molecule has 9 amide bonds. The van der Waals surface area contributed by atoms with Crippen LogP contribution in [0.5, 0.6) is 0 Å². The van der Waals surface area contributed by atoms with Crippen molar-refractivity contribution in [2.75, 3.05) is 13.1 Å². The topological polar surface area (TPSA) is 358 Å². The fraction of sp³-hybridized carbons (Fsp3) is 0.660. The highest BCUT2D eigenvalue weighted by molar-refractivity contribution is 5.99. The first-order chi connectivity index (χ1) is 35.8. The van der Waals surface area contributed by atoms with Crippen LogP contribution in [0.15, 0.2) is 30.5 Å². The molecule has 2 fully saturated rings. The van der Waals surface area contributed by atoms with Crippen LogP contribution in [0.4, 0.5) is 0 Å². The van der Waals surface area contributed by atoms with Gasteiger partial charge in [-0.1, -0.05) is 86.4 Å². The molecule has 13 N–H and O–H groups in total. The van der Waals surface area contributed by atoms with Gasteiger partial charge in [0.05, 0.1) is 12.1 Å². The molecule has 2 aromatic rings. The van der Waals surface area contributed by atoms with E-state index in [0.29, 0.717) is 31.2 Å². The Bertz CT molecular complexity index is 2390. The molecule has 12 atom stereocenters. The minimum Gasteiger partial charge on any atom is -0.480 e. The number of likely N-dealkylation sites (tertiary alicyclic amines) is 2. The van der Waals surface area contributed by atoms with Gasteiger partial charge in [0.25, 0.3) is 0 Å². The van der Waals surface area contributed by atoms with E-state index in [4.69, 9.17) is 11.5 Å². The standard InChI is InChI=1S/C53H83N11O12/c1-10-29(7)41(55)49(71)62-44(31(9)65)50(72)59-36(24-27(3)4)45(67)58-37(25-32-26-56-34-17-13-12-16-33(32)34)46(68)57-35(20-21-40(54)66)51(73)63-22-14-18-38(63)48(70)61-43(30(8)11-2)52(74)64-23-15-19-39(64)47(69)60-42(28(5)6)53(75)76/h12-13,16-17,26-31,35-39,41-44,56,65H,10-11,14-15,18-25,55H2,1-9H3,(H2,54,66)(H,57,68)(H,58,67)(H,59,72)(H,60,69)(H,61,70)(H,62,71)(H,75,76)/t29-,30-,31+,35-,36-,37-,38-,39-,41-,42-,43-,44-/m0/s1. The van der Waals surface area contributed by atoms with Crippen molar-refractivity contribution in [1.29, 1.82) is 0 Å². The highest BCUT2D eigenvalue weighted by Gasteiger charge is 2.44. The minimum absolute atomic E-state index is 0.0624. The van der Waals surface area contributed by atoms with E-state index in [-0.39, 0.29) is 63.5 Å². The van der Waals surface area contributed by atoms with Crippen molar-refractivity contribution in [3.8, 4) is 0 Å². The first-order valence-electron chi connectivity index (χ1n) is 26.7. The van der Waals surface area contributed by atoms with Crippen LogP contribution in [-0.2, 0) is 54.4 Å². The van der Waals surface area contributed by atoms with Crippen molar-refractivity contribution in [1.82, 2.24) is 46.7 Å². The number of nitrogens with one attached hydrogen (secondary N) is 7. The second-order valence-corrected chi connectivity index (χ2v) is 21.3. The van der Waals surface area contributed by atoms with Crippen LogP contribution in [0.1, 0.15) is 126 Å². The zero-order valence-corrected chi connectivity index (χ0v) is 45.5. The summed E-state index contributed by atoms with van der Waals surface area (Å²) in [5.41, 5.74) is 13.0. The van der Waals surface area contributed by atoms with Crippen molar-refractivity contribution in [2.45, 2.75) is 187 Å². The number of nitrogens with two attached hydrogens (primary N) is 2. The van der Waals surface area contributed by atoms with Crippen LogP contribution < -0.4 is 43.4 Å². The Kier molecular flexibility index (Phi) is 23.2. The maximum Gasteiger partial charge on any atom is 0.326 e. The first-order valence-corrected chi connectivity index (χ1v) is 26.7. The molecule has 1 aromatic carbocycles. The Morgan fingerprint density at radius 2 is 1.21 bits per heavy atom. The zero-order chi connectivity index (χ0) is 56.7. The van der Waals surface area contributed by atoms with Crippen molar-refractivity contribution in [3.05, 3.63) is 36.0 Å². The number of carbonyl (C=O) groups excluding carboxylic acids is 9. The SMILES string of the molecule is CC[C@H](C)[C@H](N)C(=O)N[C@H](C(=O)N[C@@H](CC(C)C)C(=O)N[C@@H](Cc1c[nH]c2ccccc12)C(=O)N[C@@H](CCC(N)=O)C(=O)N1CCC[C@H]1C(=O)N[C@H](C(=O)N1CCC[C@H]1C(=O)N[C@H](C(=O)O)C(C)C)[C@@H](C)CC)[C@@H](C)O. The van der Waals surface area contributed by atoms with Gasteiger partial charge in [0.15, 0.2) is 0 Å². The summed E-state index contributed by atoms with van der Waals surface area (Å²) in [5.74, 6) is -9.01. The molecule has 4 rings (SSSR count). The van der Waals surface area contributed by atoms with Gasteiger partial charge < -0.3 is 68.4 Å². The van der Waals surface area contributed by atoms with E-state index in [1.54, 1.807) is 40.0 Å². The summed E-state index contributed by atoms with van der Waals surface area (Å²) < 4.78 is 0. The van der Waals surface area contributed by atoms with Gasteiger partial charge in [-0.3, -0.25) is 43.2 Å². The monoisotopic (exact) mass is 1070 g/mol. The lowest BCUT2D eigenvalue weighted by molar-refractivity contribution is -0.147. The Balaban J connectivity index is 1.62. The van der Waals surface area contributed by atoms with Crippen LogP contribution in [0.2, 0.25) is 0 Å². The largest absolute Gasteiger partial charge is 0.480 e. The fourth-order valence-corrected chi connectivity index (χ4v) is 9.63. The van der Waals surface area contributed by atoms with Gasteiger partial charge in [-0.25, -0.2) is 4.79 Å². The quantitative estimate of drug-likeness (QED) is 0.0553. The molecule has 23 nitrogen and oxygen atoms in total. The van der Waals surface area contributed by atoms with Crippen molar-refractivity contribution in [3.63, 3.8) is 0 Å². The Morgan fingerprint density at radius 3 is 1.75 bits per heavy atom. The van der Waals surface area contributed by atoms with Crippen LogP contribution in [0.25, 0.3) is 10.9 Å².